The average Bonchev–Trinajstić information content (AvgIpc) is 2.97. The van der Waals surface area contributed by atoms with Crippen LogP contribution in [0.1, 0.15) is 36.1 Å². The first-order valence-corrected chi connectivity index (χ1v) is 11.4. The smallest absolute Gasteiger partial charge is 0.326 e. The minimum atomic E-state index is -0.843. The van der Waals surface area contributed by atoms with Crippen molar-refractivity contribution >= 4 is 49.6 Å². The predicted molar refractivity (Wildman–Crippen MR) is 117 cm³/mol. The Morgan fingerprint density at radius 1 is 0.900 bits per heavy atom. The molecule has 1 fully saturated rings. The summed E-state index contributed by atoms with van der Waals surface area (Å²) in [6.45, 7) is 3.10. The molecule has 3 aliphatic carbocycles. The van der Waals surface area contributed by atoms with Crippen LogP contribution in [0.4, 0.5) is 0 Å². The van der Waals surface area contributed by atoms with Crippen LogP contribution in [0.3, 0.4) is 0 Å². The number of esters is 1. The Kier molecular flexibility index (Phi) is 4.32. The third-order valence-corrected chi connectivity index (χ3v) is 9.03. The van der Waals surface area contributed by atoms with Crippen molar-refractivity contribution in [1.82, 2.24) is 4.90 Å². The Hall–Kier alpha value is -1.99. The first kappa shape index (κ1) is 19.9. The average molecular weight is 533 g/mol. The van der Waals surface area contributed by atoms with Gasteiger partial charge in [-0.15, -0.1) is 0 Å². The molecule has 154 valence electrons. The second kappa shape index (κ2) is 6.50. The summed E-state index contributed by atoms with van der Waals surface area (Å²) in [5.41, 5.74) is 3.87. The summed E-state index contributed by atoms with van der Waals surface area (Å²) in [6.07, 6.45) is -0.317. The SMILES string of the molecule is CC(C)OC(=O)CN1C(=O)[C@@H]2[C@H](C1=O)C1(Br)c3ccccc3C2(Br)c2ccccc21. The van der Waals surface area contributed by atoms with E-state index in [1.54, 1.807) is 13.8 Å². The maximum Gasteiger partial charge on any atom is 0.326 e. The van der Waals surface area contributed by atoms with Gasteiger partial charge >= 0.3 is 5.97 Å². The van der Waals surface area contributed by atoms with E-state index < -0.39 is 26.5 Å². The first-order valence-electron chi connectivity index (χ1n) is 9.84. The number of alkyl halides is 2. The lowest BCUT2D eigenvalue weighted by molar-refractivity contribution is -0.155. The summed E-state index contributed by atoms with van der Waals surface area (Å²) >= 11 is 7.85. The maximum absolute atomic E-state index is 13.6. The molecule has 6 rings (SSSR count). The van der Waals surface area contributed by atoms with E-state index in [2.05, 4.69) is 31.9 Å². The van der Waals surface area contributed by atoms with Gasteiger partial charge in [-0.05, 0) is 36.1 Å². The maximum atomic E-state index is 13.6. The number of hydrogen-bond acceptors (Lipinski definition) is 4. The fourth-order valence-electron chi connectivity index (χ4n) is 5.31. The molecule has 0 unspecified atom stereocenters. The zero-order valence-electron chi connectivity index (χ0n) is 16.4. The molecule has 2 bridgehead atoms. The van der Waals surface area contributed by atoms with Crippen molar-refractivity contribution in [3.63, 3.8) is 0 Å². The Balaban J connectivity index is 1.70. The number of imide groups is 1. The molecule has 2 aromatic rings. The highest BCUT2D eigenvalue weighted by Crippen LogP contribution is 2.70. The molecule has 1 saturated heterocycles. The Bertz CT molecular complexity index is 990. The number of hydrogen-bond donors (Lipinski definition) is 0. The molecule has 0 N–H and O–H groups in total. The lowest BCUT2D eigenvalue weighted by Crippen LogP contribution is -2.56. The highest BCUT2D eigenvalue weighted by Gasteiger charge is 2.72. The molecule has 2 atom stereocenters. The van der Waals surface area contributed by atoms with Gasteiger partial charge in [-0.1, -0.05) is 80.4 Å². The number of halogens is 2. The molecule has 1 aliphatic heterocycles. The van der Waals surface area contributed by atoms with Crippen LogP contribution in [0.2, 0.25) is 0 Å². The van der Waals surface area contributed by atoms with Crippen molar-refractivity contribution in [3.8, 4) is 0 Å². The highest BCUT2D eigenvalue weighted by atomic mass is 79.9. The second-order valence-electron chi connectivity index (χ2n) is 8.27. The molecule has 7 heteroatoms. The fourth-order valence-corrected chi connectivity index (χ4v) is 7.61. The van der Waals surface area contributed by atoms with Crippen LogP contribution in [0, 0.1) is 11.8 Å². The van der Waals surface area contributed by atoms with E-state index in [9.17, 15) is 14.4 Å². The lowest BCUT2D eigenvalue weighted by atomic mass is 9.54. The standard InChI is InChI=1S/C23H19Br2NO4/c1-12(2)30-17(27)11-26-20(28)18-19(21(26)29)23(25)14-8-4-3-7-13(14)22(18,24)15-9-5-6-10-16(15)23/h3-10,12,18-19H,11H2,1-2H3/t18-,19+,22?,23?. The molecule has 0 spiro atoms. The van der Waals surface area contributed by atoms with Crippen LogP contribution in [0.25, 0.3) is 0 Å². The minimum Gasteiger partial charge on any atom is -0.462 e. The monoisotopic (exact) mass is 531 g/mol. The zero-order valence-corrected chi connectivity index (χ0v) is 19.6. The number of likely N-dealkylation sites (tertiary alicyclic amines) is 1. The molecule has 0 radical (unpaired) electrons. The number of ether oxygens (including phenoxy) is 1. The molecule has 1 heterocycles. The minimum absolute atomic E-state index is 0.317. The molecule has 4 aliphatic rings. The summed E-state index contributed by atoms with van der Waals surface area (Å²) in [5, 5.41) is 0. The summed E-state index contributed by atoms with van der Waals surface area (Å²) in [7, 11) is 0. The van der Waals surface area contributed by atoms with Gasteiger partial charge in [-0.3, -0.25) is 19.3 Å². The number of carbonyl (C=O) groups is 3. The van der Waals surface area contributed by atoms with E-state index in [0.29, 0.717) is 0 Å². The van der Waals surface area contributed by atoms with Gasteiger partial charge in [0.15, 0.2) is 0 Å². The largest absolute Gasteiger partial charge is 0.462 e. The van der Waals surface area contributed by atoms with Crippen LogP contribution in [0.15, 0.2) is 48.5 Å². The fraction of sp³-hybridized carbons (Fsp3) is 0.348. The lowest BCUT2D eigenvalue weighted by Gasteiger charge is -2.55. The molecule has 5 nitrogen and oxygen atoms in total. The van der Waals surface area contributed by atoms with E-state index >= 15 is 0 Å². The first-order chi connectivity index (χ1) is 14.2. The van der Waals surface area contributed by atoms with Gasteiger partial charge in [-0.2, -0.15) is 0 Å². The number of amides is 2. The molecule has 0 saturated carbocycles. The van der Waals surface area contributed by atoms with Gasteiger partial charge < -0.3 is 4.74 Å². The van der Waals surface area contributed by atoms with Crippen molar-refractivity contribution in [2.75, 3.05) is 6.54 Å². The number of benzene rings is 2. The van der Waals surface area contributed by atoms with E-state index in [1.807, 2.05) is 48.5 Å². The van der Waals surface area contributed by atoms with Crippen molar-refractivity contribution in [1.29, 1.82) is 0 Å². The quantitative estimate of drug-likeness (QED) is 0.342. The van der Waals surface area contributed by atoms with Crippen molar-refractivity contribution in [2.45, 2.75) is 28.6 Å². The van der Waals surface area contributed by atoms with Crippen molar-refractivity contribution < 1.29 is 19.1 Å². The van der Waals surface area contributed by atoms with Crippen LogP contribution in [-0.4, -0.2) is 35.3 Å². The van der Waals surface area contributed by atoms with Gasteiger partial charge in [0, 0.05) is 0 Å². The zero-order chi connectivity index (χ0) is 21.4. The second-order valence-corrected chi connectivity index (χ2v) is 10.8. The van der Waals surface area contributed by atoms with E-state index in [4.69, 9.17) is 4.74 Å². The van der Waals surface area contributed by atoms with Crippen LogP contribution >= 0.6 is 31.9 Å². The normalized spacial score (nSPS) is 30.9. The highest BCUT2D eigenvalue weighted by molar-refractivity contribution is 9.10. The summed E-state index contributed by atoms with van der Waals surface area (Å²) in [4.78, 5) is 40.5. The van der Waals surface area contributed by atoms with Gasteiger partial charge in [0.1, 0.15) is 6.54 Å². The number of rotatable bonds is 3. The Morgan fingerprint density at radius 3 is 1.60 bits per heavy atom. The van der Waals surface area contributed by atoms with Gasteiger partial charge in [0.2, 0.25) is 11.8 Å². The van der Waals surface area contributed by atoms with Crippen molar-refractivity contribution in [3.05, 3.63) is 70.8 Å². The van der Waals surface area contributed by atoms with Gasteiger partial charge in [0.25, 0.3) is 0 Å². The van der Waals surface area contributed by atoms with Crippen LogP contribution in [-0.2, 0) is 27.8 Å². The van der Waals surface area contributed by atoms with Crippen molar-refractivity contribution in [2.24, 2.45) is 11.8 Å². The van der Waals surface area contributed by atoms with E-state index in [0.717, 1.165) is 27.2 Å². The Labute approximate surface area is 191 Å². The molecule has 2 aromatic carbocycles. The molecule has 0 aromatic heterocycles. The molecule has 30 heavy (non-hydrogen) atoms. The Morgan fingerprint density at radius 2 is 1.27 bits per heavy atom. The molecular weight excluding hydrogens is 514 g/mol. The van der Waals surface area contributed by atoms with E-state index in [-0.39, 0.29) is 24.5 Å². The van der Waals surface area contributed by atoms with Gasteiger partial charge in [-0.25, -0.2) is 0 Å². The third-order valence-electron chi connectivity index (χ3n) is 6.33. The van der Waals surface area contributed by atoms with Crippen LogP contribution in [0.5, 0.6) is 0 Å². The van der Waals surface area contributed by atoms with Gasteiger partial charge in [0.05, 0.1) is 26.6 Å². The predicted octanol–water partition coefficient (Wildman–Crippen LogP) is 3.84. The summed E-state index contributed by atoms with van der Waals surface area (Å²) in [6, 6.07) is 15.8. The topological polar surface area (TPSA) is 63.7 Å². The number of carbonyl (C=O) groups excluding carboxylic acids is 3. The molecular formula is C23H19Br2NO4. The molecule has 2 amide bonds. The number of nitrogens with zero attached hydrogens (tertiary/aromatic N) is 1. The third kappa shape index (κ3) is 2.31. The summed E-state index contributed by atoms with van der Waals surface area (Å²) in [5.74, 6) is -2.62. The van der Waals surface area contributed by atoms with Crippen LogP contribution < -0.4 is 0 Å². The van der Waals surface area contributed by atoms with E-state index in [1.165, 1.54) is 0 Å². The summed E-state index contributed by atoms with van der Waals surface area (Å²) < 4.78 is 3.51.